The molecular formula is C21H28N6O5S2. The molecule has 0 saturated carbocycles. The van der Waals surface area contributed by atoms with Crippen LogP contribution in [-0.2, 0) is 34.2 Å². The number of aromatic nitrogens is 1. The summed E-state index contributed by atoms with van der Waals surface area (Å²) in [7, 11) is -3.18. The summed E-state index contributed by atoms with van der Waals surface area (Å²) in [5.41, 5.74) is 2.62. The first-order chi connectivity index (χ1) is 16.1. The number of carboxylic acid groups (broad SMARTS) is 1. The Labute approximate surface area is 202 Å². The van der Waals surface area contributed by atoms with Crippen molar-refractivity contribution >= 4 is 50.5 Å². The predicted octanol–water partition coefficient (Wildman–Crippen LogP) is 1.89. The second-order valence-electron chi connectivity index (χ2n) is 7.88. The Morgan fingerprint density at radius 1 is 1.18 bits per heavy atom. The zero-order valence-corrected chi connectivity index (χ0v) is 20.7. The van der Waals surface area contributed by atoms with Gasteiger partial charge in [-0.25, -0.2) is 23.2 Å². The summed E-state index contributed by atoms with van der Waals surface area (Å²) < 4.78 is 25.0. The third-order valence-corrected chi connectivity index (χ3v) is 7.52. The van der Waals surface area contributed by atoms with E-state index in [1.54, 1.807) is 12.1 Å². The largest absolute Gasteiger partial charge is 0.465 e. The minimum Gasteiger partial charge on any atom is -0.465 e. The molecule has 184 valence electrons. The highest BCUT2D eigenvalue weighted by Crippen LogP contribution is 2.27. The van der Waals surface area contributed by atoms with E-state index in [1.165, 1.54) is 28.8 Å². The number of sulfonamides is 1. The van der Waals surface area contributed by atoms with Crippen LogP contribution < -0.4 is 10.6 Å². The SMILES string of the molecule is CC(=O)Nc1nc(CCc2ccc(N=CNC(=O)O)cc2)c(CN2CCN(S(C)(=O)=O)CC2)s1. The third-order valence-electron chi connectivity index (χ3n) is 5.22. The molecule has 1 aliphatic heterocycles. The lowest BCUT2D eigenvalue weighted by Crippen LogP contribution is -2.47. The molecule has 1 aromatic heterocycles. The molecule has 0 radical (unpaired) electrons. The number of aryl methyl sites for hydroxylation is 2. The van der Waals surface area contributed by atoms with Gasteiger partial charge in [-0.2, -0.15) is 4.31 Å². The van der Waals surface area contributed by atoms with Crippen LogP contribution in [0.15, 0.2) is 29.3 Å². The molecule has 0 aliphatic carbocycles. The highest BCUT2D eigenvalue weighted by molar-refractivity contribution is 7.88. The van der Waals surface area contributed by atoms with E-state index >= 15 is 0 Å². The van der Waals surface area contributed by atoms with Gasteiger partial charge >= 0.3 is 6.09 Å². The van der Waals surface area contributed by atoms with Gasteiger partial charge in [0, 0.05) is 44.5 Å². The number of carbonyl (C=O) groups is 2. The van der Waals surface area contributed by atoms with Crippen molar-refractivity contribution in [2.75, 3.05) is 37.8 Å². The van der Waals surface area contributed by atoms with Crippen LogP contribution in [0.2, 0.25) is 0 Å². The number of piperazine rings is 1. The summed E-state index contributed by atoms with van der Waals surface area (Å²) in [5.74, 6) is -0.179. The van der Waals surface area contributed by atoms with Crippen molar-refractivity contribution in [2.45, 2.75) is 26.3 Å². The van der Waals surface area contributed by atoms with E-state index in [0.29, 0.717) is 50.0 Å². The fourth-order valence-corrected chi connectivity index (χ4v) is 5.43. The van der Waals surface area contributed by atoms with Gasteiger partial charge in [0.15, 0.2) is 5.13 Å². The van der Waals surface area contributed by atoms with E-state index in [-0.39, 0.29) is 5.91 Å². The Morgan fingerprint density at radius 2 is 1.85 bits per heavy atom. The first-order valence-corrected chi connectivity index (χ1v) is 13.3. The van der Waals surface area contributed by atoms with Gasteiger partial charge in [-0.3, -0.25) is 15.0 Å². The molecule has 1 saturated heterocycles. The van der Waals surface area contributed by atoms with Crippen molar-refractivity contribution in [1.82, 2.24) is 19.5 Å². The molecule has 1 aliphatic rings. The normalized spacial score (nSPS) is 15.5. The summed E-state index contributed by atoms with van der Waals surface area (Å²) in [6.45, 7) is 4.29. The van der Waals surface area contributed by atoms with Gasteiger partial charge < -0.3 is 10.4 Å². The van der Waals surface area contributed by atoms with Gasteiger partial charge in [0.2, 0.25) is 15.9 Å². The van der Waals surface area contributed by atoms with Crippen molar-refractivity contribution in [3.05, 3.63) is 40.4 Å². The average Bonchev–Trinajstić information content (AvgIpc) is 3.13. The first-order valence-electron chi connectivity index (χ1n) is 10.6. The molecule has 1 aromatic carbocycles. The lowest BCUT2D eigenvalue weighted by molar-refractivity contribution is -0.114. The smallest absolute Gasteiger partial charge is 0.409 e. The van der Waals surface area contributed by atoms with Crippen LogP contribution in [0, 0.1) is 0 Å². The van der Waals surface area contributed by atoms with Gasteiger partial charge in [0.1, 0.15) is 0 Å². The molecule has 2 heterocycles. The average molecular weight is 509 g/mol. The Kier molecular flexibility index (Phi) is 8.72. The molecule has 2 amide bonds. The summed E-state index contributed by atoms with van der Waals surface area (Å²) in [4.78, 5) is 33.9. The zero-order chi connectivity index (χ0) is 24.7. The number of thiazole rings is 1. The number of amides is 2. The molecule has 3 rings (SSSR count). The highest BCUT2D eigenvalue weighted by atomic mass is 32.2. The van der Waals surface area contributed by atoms with Crippen LogP contribution in [0.25, 0.3) is 0 Å². The Morgan fingerprint density at radius 3 is 2.44 bits per heavy atom. The zero-order valence-electron chi connectivity index (χ0n) is 19.0. The standard InChI is InChI=1S/C21H28N6O5S2/c1-15(28)24-20-25-18(8-5-16-3-6-17(7-4-16)22-14-23-21(29)30)19(33-20)13-26-9-11-27(12-10-26)34(2,31)32/h3-4,6-7,14H,5,8-13H2,1-2H3,(H,22,23)(H,29,30)(H,24,25,28). The van der Waals surface area contributed by atoms with Crippen LogP contribution in [0.1, 0.15) is 23.1 Å². The number of carbonyl (C=O) groups excluding carboxylic acids is 1. The summed E-state index contributed by atoms with van der Waals surface area (Å²) in [6.07, 6.45) is 2.59. The van der Waals surface area contributed by atoms with Crippen LogP contribution in [0.5, 0.6) is 0 Å². The van der Waals surface area contributed by atoms with Gasteiger partial charge in [-0.05, 0) is 30.5 Å². The van der Waals surface area contributed by atoms with Gasteiger partial charge in [-0.1, -0.05) is 12.1 Å². The molecule has 0 unspecified atom stereocenters. The second-order valence-corrected chi connectivity index (χ2v) is 10.9. The third kappa shape index (κ3) is 7.87. The predicted molar refractivity (Wildman–Crippen MR) is 131 cm³/mol. The number of aliphatic imine (C=N–C) groups is 1. The molecule has 2 aromatic rings. The number of benzene rings is 1. The number of hydrogen-bond donors (Lipinski definition) is 3. The maximum Gasteiger partial charge on any atom is 0.409 e. The molecule has 11 nitrogen and oxygen atoms in total. The number of rotatable bonds is 9. The lowest BCUT2D eigenvalue weighted by atomic mass is 10.1. The summed E-state index contributed by atoms with van der Waals surface area (Å²) in [6, 6.07) is 7.47. The van der Waals surface area contributed by atoms with Crippen molar-refractivity contribution in [2.24, 2.45) is 4.99 Å². The second kappa shape index (κ2) is 11.5. The summed E-state index contributed by atoms with van der Waals surface area (Å²) in [5, 5.41) is 14.0. The molecule has 1 fully saturated rings. The van der Waals surface area contributed by atoms with Gasteiger partial charge in [-0.15, -0.1) is 11.3 Å². The van der Waals surface area contributed by atoms with Crippen LogP contribution in [0.3, 0.4) is 0 Å². The van der Waals surface area contributed by atoms with Crippen molar-refractivity contribution < 1.29 is 23.1 Å². The fourth-order valence-electron chi connectivity index (χ4n) is 3.50. The molecule has 13 heteroatoms. The molecule has 0 atom stereocenters. The highest BCUT2D eigenvalue weighted by Gasteiger charge is 2.24. The number of nitrogens with zero attached hydrogens (tertiary/aromatic N) is 4. The Balaban J connectivity index is 1.64. The Bertz CT molecular complexity index is 1140. The molecule has 0 spiro atoms. The summed E-state index contributed by atoms with van der Waals surface area (Å²) >= 11 is 1.45. The maximum atomic E-state index is 11.8. The van der Waals surface area contributed by atoms with E-state index in [4.69, 9.17) is 5.11 Å². The minimum atomic E-state index is -3.18. The van der Waals surface area contributed by atoms with Gasteiger partial charge in [0.25, 0.3) is 0 Å². The quantitative estimate of drug-likeness (QED) is 0.346. The van der Waals surface area contributed by atoms with E-state index in [1.807, 2.05) is 12.1 Å². The van der Waals surface area contributed by atoms with Crippen LogP contribution >= 0.6 is 11.3 Å². The minimum absolute atomic E-state index is 0.179. The topological polar surface area (TPSA) is 144 Å². The van der Waals surface area contributed by atoms with Crippen LogP contribution in [-0.4, -0.2) is 78.5 Å². The Hall–Kier alpha value is -2.87. The lowest BCUT2D eigenvalue weighted by Gasteiger charge is -2.33. The van der Waals surface area contributed by atoms with E-state index in [0.717, 1.165) is 28.9 Å². The van der Waals surface area contributed by atoms with Crippen molar-refractivity contribution in [3.63, 3.8) is 0 Å². The van der Waals surface area contributed by atoms with E-state index in [9.17, 15) is 18.0 Å². The fraction of sp³-hybridized carbons (Fsp3) is 0.429. The maximum absolute atomic E-state index is 11.8. The van der Waals surface area contributed by atoms with Crippen molar-refractivity contribution in [1.29, 1.82) is 0 Å². The van der Waals surface area contributed by atoms with Crippen LogP contribution in [0.4, 0.5) is 15.6 Å². The molecule has 0 bridgehead atoms. The number of anilines is 1. The van der Waals surface area contributed by atoms with Crippen molar-refractivity contribution in [3.8, 4) is 0 Å². The molecule has 3 N–H and O–H groups in total. The van der Waals surface area contributed by atoms with Gasteiger partial charge in [0.05, 0.1) is 24.0 Å². The monoisotopic (exact) mass is 508 g/mol. The first kappa shape index (κ1) is 25.7. The number of nitrogens with one attached hydrogen (secondary N) is 2. The van der Waals surface area contributed by atoms with E-state index < -0.39 is 16.1 Å². The van der Waals surface area contributed by atoms with E-state index in [2.05, 4.69) is 25.5 Å². The number of hydrogen-bond acceptors (Lipinski definition) is 8. The molecular weight excluding hydrogens is 480 g/mol. The molecule has 34 heavy (non-hydrogen) atoms.